The van der Waals surface area contributed by atoms with E-state index in [0.29, 0.717) is 18.2 Å². The lowest BCUT2D eigenvalue weighted by Crippen LogP contribution is -2.39. The van der Waals surface area contributed by atoms with E-state index in [9.17, 15) is 9.59 Å². The number of aromatic nitrogens is 3. The largest absolute Gasteiger partial charge is 0.444 e. The van der Waals surface area contributed by atoms with E-state index in [2.05, 4.69) is 4.98 Å². The van der Waals surface area contributed by atoms with Gasteiger partial charge in [-0.05, 0) is 20.8 Å². The van der Waals surface area contributed by atoms with Gasteiger partial charge < -0.3 is 8.98 Å². The van der Waals surface area contributed by atoms with Crippen LogP contribution in [0.5, 0.6) is 0 Å². The summed E-state index contributed by atoms with van der Waals surface area (Å²) in [6.07, 6.45) is 1.49. The third-order valence-corrected chi connectivity index (χ3v) is 2.85. The Morgan fingerprint density at radius 3 is 2.61 bits per heavy atom. The molecule has 0 radical (unpaired) electrons. The van der Waals surface area contributed by atoms with E-state index in [1.54, 1.807) is 6.92 Å². The van der Waals surface area contributed by atoms with Crippen molar-refractivity contribution in [2.45, 2.75) is 33.9 Å². The first kappa shape index (κ1) is 12.3. The van der Waals surface area contributed by atoms with Crippen molar-refractivity contribution in [2.24, 2.45) is 0 Å². The molecule has 0 aliphatic rings. The molecular weight excluding hydrogens is 234 g/mol. The molecule has 0 atom stereocenters. The second kappa shape index (κ2) is 4.64. The van der Waals surface area contributed by atoms with Gasteiger partial charge >= 0.3 is 5.69 Å². The Kier molecular flexibility index (Phi) is 3.18. The average molecular weight is 249 g/mol. The molecule has 0 saturated heterocycles. The lowest BCUT2D eigenvalue weighted by molar-refractivity contribution is 0.443. The molecule has 0 unspecified atom stereocenters. The zero-order valence-corrected chi connectivity index (χ0v) is 10.6. The quantitative estimate of drug-likeness (QED) is 0.802. The molecule has 0 amide bonds. The minimum atomic E-state index is -0.349. The van der Waals surface area contributed by atoms with Gasteiger partial charge in [-0.15, -0.1) is 0 Å². The van der Waals surface area contributed by atoms with Crippen LogP contribution in [0.1, 0.15) is 24.3 Å². The van der Waals surface area contributed by atoms with Crippen molar-refractivity contribution in [3.63, 3.8) is 0 Å². The number of hydrogen-bond donors (Lipinski definition) is 0. The molecule has 96 valence electrons. The van der Waals surface area contributed by atoms with Crippen molar-refractivity contribution in [3.05, 3.63) is 50.4 Å². The van der Waals surface area contributed by atoms with E-state index in [1.165, 1.54) is 16.8 Å². The van der Waals surface area contributed by atoms with E-state index in [4.69, 9.17) is 4.42 Å². The van der Waals surface area contributed by atoms with E-state index < -0.39 is 0 Å². The van der Waals surface area contributed by atoms with Crippen LogP contribution >= 0.6 is 0 Å². The molecule has 0 aromatic carbocycles. The maximum absolute atomic E-state index is 12.0. The van der Waals surface area contributed by atoms with Gasteiger partial charge in [-0.1, -0.05) is 0 Å². The first-order valence-corrected chi connectivity index (χ1v) is 5.76. The van der Waals surface area contributed by atoms with Crippen molar-refractivity contribution in [2.75, 3.05) is 0 Å². The van der Waals surface area contributed by atoms with Gasteiger partial charge in [0.25, 0.3) is 5.56 Å². The van der Waals surface area contributed by atoms with Crippen LogP contribution in [0.4, 0.5) is 0 Å². The summed E-state index contributed by atoms with van der Waals surface area (Å²) in [6, 6.07) is 1.37. The summed E-state index contributed by atoms with van der Waals surface area (Å²) in [5, 5.41) is 0. The molecule has 0 aliphatic heterocycles. The predicted octanol–water partition coefficient (Wildman–Crippen LogP) is 0.683. The third kappa shape index (κ3) is 2.13. The topological polar surface area (TPSA) is 70.0 Å². The highest BCUT2D eigenvalue weighted by molar-refractivity contribution is 5.05. The zero-order chi connectivity index (χ0) is 13.3. The number of hydrogen-bond acceptors (Lipinski definition) is 4. The van der Waals surface area contributed by atoms with E-state index in [-0.39, 0.29) is 17.8 Å². The Balaban J connectivity index is 2.46. The summed E-state index contributed by atoms with van der Waals surface area (Å²) in [5.74, 6) is 1.07. The van der Waals surface area contributed by atoms with Gasteiger partial charge in [0.05, 0.1) is 5.69 Å². The van der Waals surface area contributed by atoms with Gasteiger partial charge in [0.2, 0.25) is 5.89 Å². The second-order valence-electron chi connectivity index (χ2n) is 4.06. The molecule has 0 bridgehead atoms. The van der Waals surface area contributed by atoms with Crippen LogP contribution < -0.4 is 11.2 Å². The van der Waals surface area contributed by atoms with Crippen LogP contribution in [0.3, 0.4) is 0 Å². The molecule has 2 heterocycles. The highest BCUT2D eigenvalue weighted by Crippen LogP contribution is 2.08. The second-order valence-corrected chi connectivity index (χ2v) is 4.06. The molecule has 0 aliphatic carbocycles. The van der Waals surface area contributed by atoms with Crippen molar-refractivity contribution in [1.29, 1.82) is 0 Å². The van der Waals surface area contributed by atoms with E-state index in [0.717, 1.165) is 10.3 Å². The summed E-state index contributed by atoms with van der Waals surface area (Å²) < 4.78 is 7.96. The van der Waals surface area contributed by atoms with Crippen LogP contribution in [-0.2, 0) is 13.1 Å². The fraction of sp³-hybridized carbons (Fsp3) is 0.417. The third-order valence-electron chi connectivity index (χ3n) is 2.85. The number of oxazole rings is 1. The first-order chi connectivity index (χ1) is 8.52. The van der Waals surface area contributed by atoms with Crippen LogP contribution in [0.2, 0.25) is 0 Å². The van der Waals surface area contributed by atoms with E-state index >= 15 is 0 Å². The molecule has 0 saturated carbocycles. The molecule has 18 heavy (non-hydrogen) atoms. The number of aryl methyl sites for hydroxylation is 3. The summed E-state index contributed by atoms with van der Waals surface area (Å²) in [5.41, 5.74) is 0.0708. The minimum absolute atomic E-state index is 0.0627. The summed E-state index contributed by atoms with van der Waals surface area (Å²) in [6.45, 7) is 6.04. The van der Waals surface area contributed by atoms with Gasteiger partial charge in [0, 0.05) is 18.8 Å². The molecule has 2 aromatic heterocycles. The van der Waals surface area contributed by atoms with Crippen LogP contribution in [-0.4, -0.2) is 14.1 Å². The Morgan fingerprint density at radius 2 is 2.06 bits per heavy atom. The first-order valence-electron chi connectivity index (χ1n) is 5.76. The van der Waals surface area contributed by atoms with Crippen molar-refractivity contribution < 1.29 is 4.42 Å². The summed E-state index contributed by atoms with van der Waals surface area (Å²) in [4.78, 5) is 27.8. The average Bonchev–Trinajstić information content (AvgIpc) is 2.64. The molecule has 0 spiro atoms. The Morgan fingerprint density at radius 1 is 1.33 bits per heavy atom. The fourth-order valence-electron chi connectivity index (χ4n) is 1.69. The summed E-state index contributed by atoms with van der Waals surface area (Å²) >= 11 is 0. The fourth-order valence-corrected chi connectivity index (χ4v) is 1.69. The molecule has 2 rings (SSSR count). The molecule has 0 fully saturated rings. The van der Waals surface area contributed by atoms with Crippen molar-refractivity contribution in [1.82, 2.24) is 14.1 Å². The molecule has 0 N–H and O–H groups in total. The highest BCUT2D eigenvalue weighted by atomic mass is 16.4. The highest BCUT2D eigenvalue weighted by Gasteiger charge is 2.10. The van der Waals surface area contributed by atoms with Crippen LogP contribution in [0.25, 0.3) is 0 Å². The van der Waals surface area contributed by atoms with Gasteiger partial charge in [-0.25, -0.2) is 9.78 Å². The molecule has 2 aromatic rings. The normalized spacial score (nSPS) is 10.8. The number of nitrogens with zero attached hydrogens (tertiary/aromatic N) is 3. The maximum Gasteiger partial charge on any atom is 0.331 e. The Labute approximate surface area is 104 Å². The Bertz CT molecular complexity index is 659. The zero-order valence-electron chi connectivity index (χ0n) is 10.6. The molecule has 6 heteroatoms. The van der Waals surface area contributed by atoms with Crippen LogP contribution in [0, 0.1) is 13.8 Å². The standard InChI is InChI=1S/C12H15N3O3/c1-4-14-6-5-11(16)15(12(14)17)7-10-13-8(2)9(3)18-10/h5-6H,4,7H2,1-3H3. The van der Waals surface area contributed by atoms with Crippen molar-refractivity contribution >= 4 is 0 Å². The molecule has 6 nitrogen and oxygen atoms in total. The number of rotatable bonds is 3. The van der Waals surface area contributed by atoms with Gasteiger partial charge in [0.15, 0.2) is 0 Å². The maximum atomic E-state index is 12.0. The van der Waals surface area contributed by atoms with Crippen molar-refractivity contribution in [3.8, 4) is 0 Å². The lowest BCUT2D eigenvalue weighted by atomic mass is 10.4. The van der Waals surface area contributed by atoms with Gasteiger partial charge in [-0.2, -0.15) is 0 Å². The van der Waals surface area contributed by atoms with Gasteiger partial charge in [0.1, 0.15) is 12.3 Å². The van der Waals surface area contributed by atoms with E-state index in [1.807, 2.05) is 13.8 Å². The predicted molar refractivity (Wildman–Crippen MR) is 65.7 cm³/mol. The smallest absolute Gasteiger partial charge is 0.331 e. The minimum Gasteiger partial charge on any atom is -0.444 e. The van der Waals surface area contributed by atoms with Gasteiger partial charge in [-0.3, -0.25) is 9.36 Å². The lowest BCUT2D eigenvalue weighted by Gasteiger charge is -2.05. The summed E-state index contributed by atoms with van der Waals surface area (Å²) in [7, 11) is 0. The monoisotopic (exact) mass is 249 g/mol. The Hall–Kier alpha value is -2.11. The SMILES string of the molecule is CCn1ccc(=O)n(Cc2nc(C)c(C)o2)c1=O. The molecular formula is C12H15N3O3. The van der Waals surface area contributed by atoms with Crippen LogP contribution in [0.15, 0.2) is 26.3 Å².